The van der Waals surface area contributed by atoms with Crippen LogP contribution in [0.3, 0.4) is 0 Å². The maximum absolute atomic E-state index is 12.4. The number of nitrogens with zero attached hydrogens (tertiary/aromatic N) is 1. The number of amides is 4. The summed E-state index contributed by atoms with van der Waals surface area (Å²) in [7, 11) is 1.53. The number of aliphatic hydroxyl groups is 2. The van der Waals surface area contributed by atoms with Crippen LogP contribution in [0.15, 0.2) is 22.9 Å². The van der Waals surface area contributed by atoms with Gasteiger partial charge in [-0.3, -0.25) is 52.8 Å². The average Bonchev–Trinajstić information content (AvgIpc) is 3.20. The molecule has 0 aromatic heterocycles. The van der Waals surface area contributed by atoms with Crippen LogP contribution in [0, 0.1) is 0 Å². The van der Waals surface area contributed by atoms with Gasteiger partial charge < -0.3 is 78.8 Å². The van der Waals surface area contributed by atoms with Gasteiger partial charge in [0.25, 0.3) is 0 Å². The molecule has 0 saturated carbocycles. The molecule has 4 atom stereocenters. The molecule has 0 aliphatic rings. The highest BCUT2D eigenvalue weighted by Crippen LogP contribution is 2.22. The van der Waals surface area contributed by atoms with Crippen molar-refractivity contribution in [2.75, 3.05) is 86.1 Å². The molecule has 27 nitrogen and oxygen atoms in total. The lowest BCUT2D eigenvalue weighted by atomic mass is 10.1. The van der Waals surface area contributed by atoms with Crippen LogP contribution in [0.5, 0.6) is 0 Å². The quantitative estimate of drug-likeness (QED) is 0.0127. The number of hydrogen-bond donors (Lipinski definition) is 6. The Kier molecular flexibility index (Phi) is 32.0. The summed E-state index contributed by atoms with van der Waals surface area (Å²) in [5.41, 5.74) is -0.900. The molecule has 68 heavy (non-hydrogen) atoms. The fraction of sp³-hybridized carbons (Fsp3) is 0.659. The lowest BCUT2D eigenvalue weighted by Gasteiger charge is -2.25. The van der Waals surface area contributed by atoms with Gasteiger partial charge in [-0.15, -0.1) is 0 Å². The highest BCUT2D eigenvalue weighted by atomic mass is 16.6. The molecular weight excluding hydrogens is 914 g/mol. The molecule has 6 N–H and O–H groups in total. The normalized spacial score (nSPS) is 13.5. The van der Waals surface area contributed by atoms with Crippen LogP contribution in [-0.2, 0) is 95.3 Å². The molecule has 27 heteroatoms. The number of nitrogens with one attached hydrogen (secondary N) is 4. The fourth-order valence-corrected chi connectivity index (χ4v) is 5.27. The summed E-state index contributed by atoms with van der Waals surface area (Å²) in [6, 6.07) is 0. The Morgan fingerprint density at radius 3 is 1.12 bits per heavy atom. The van der Waals surface area contributed by atoms with Crippen molar-refractivity contribution in [3.05, 3.63) is 22.9 Å². The van der Waals surface area contributed by atoms with E-state index in [1.54, 1.807) is 0 Å². The molecule has 4 unspecified atom stereocenters. The highest BCUT2D eigenvalue weighted by Gasteiger charge is 2.32. The number of rotatable bonds is 34. The smallest absolute Gasteiger partial charge is 0.307 e. The van der Waals surface area contributed by atoms with Gasteiger partial charge in [-0.1, -0.05) is 0 Å². The molecule has 386 valence electrons. The maximum atomic E-state index is 12.4. The predicted octanol–water partition coefficient (Wildman–Crippen LogP) is -2.55. The molecular formula is C41H65N5O22. The second kappa shape index (κ2) is 35.1. The second-order valence-corrected chi connectivity index (χ2v) is 14.1. The highest BCUT2D eigenvalue weighted by molar-refractivity contribution is 5.81. The molecule has 0 fully saturated rings. The lowest BCUT2D eigenvalue weighted by molar-refractivity contribution is -0.154. The summed E-state index contributed by atoms with van der Waals surface area (Å²) in [6.07, 6.45) is -7.01. The molecule has 0 rings (SSSR count). The predicted molar refractivity (Wildman–Crippen MR) is 228 cm³/mol. The van der Waals surface area contributed by atoms with Crippen LogP contribution in [0.25, 0.3) is 0 Å². The van der Waals surface area contributed by atoms with Gasteiger partial charge in [-0.2, -0.15) is 0 Å². The Morgan fingerprint density at radius 2 is 0.824 bits per heavy atom. The lowest BCUT2D eigenvalue weighted by Crippen LogP contribution is -2.42. The Balaban J connectivity index is 4.93. The van der Waals surface area contributed by atoms with Crippen LogP contribution in [0.4, 0.5) is 0 Å². The molecule has 0 aliphatic carbocycles. The third-order valence-corrected chi connectivity index (χ3v) is 7.70. The minimum Gasteiger partial charge on any atom is -0.466 e. The van der Waals surface area contributed by atoms with Crippen molar-refractivity contribution in [1.82, 2.24) is 26.2 Å². The van der Waals surface area contributed by atoms with E-state index >= 15 is 0 Å². The van der Waals surface area contributed by atoms with Gasteiger partial charge >= 0.3 is 35.8 Å². The van der Waals surface area contributed by atoms with Crippen LogP contribution < -0.4 is 21.3 Å². The average molecular weight is 980 g/mol. The minimum absolute atomic E-state index is 0.00914. The maximum Gasteiger partial charge on any atom is 0.307 e. The Morgan fingerprint density at radius 1 is 0.471 bits per heavy atom. The van der Waals surface area contributed by atoms with Crippen LogP contribution in [0.2, 0.25) is 0 Å². The monoisotopic (exact) mass is 979 g/mol. The van der Waals surface area contributed by atoms with E-state index in [0.717, 1.165) is 55.4 Å². The zero-order valence-corrected chi connectivity index (χ0v) is 39.7. The van der Waals surface area contributed by atoms with Crippen LogP contribution in [0.1, 0.15) is 68.2 Å². The Hall–Kier alpha value is -6.10. The summed E-state index contributed by atoms with van der Waals surface area (Å²) in [5, 5.41) is 31.4. The first-order valence-corrected chi connectivity index (χ1v) is 20.9. The third kappa shape index (κ3) is 31.0. The number of likely N-dealkylation sites (N-methyl/N-ethyl adjacent to an activating group) is 1. The number of esters is 6. The fourth-order valence-electron chi connectivity index (χ4n) is 5.27. The van der Waals surface area contributed by atoms with Crippen LogP contribution in [-0.4, -0.2) is 185 Å². The van der Waals surface area contributed by atoms with Crippen molar-refractivity contribution in [1.29, 1.82) is 0 Å². The number of carbonyl (C=O) groups is 10. The summed E-state index contributed by atoms with van der Waals surface area (Å²) in [4.78, 5) is 120. The molecule has 0 aromatic rings. The van der Waals surface area contributed by atoms with Crippen molar-refractivity contribution < 1.29 is 106 Å². The van der Waals surface area contributed by atoms with E-state index in [4.69, 9.17) is 47.4 Å². The first-order chi connectivity index (χ1) is 31.9. The molecule has 0 spiro atoms. The van der Waals surface area contributed by atoms with Gasteiger partial charge in [0.05, 0.1) is 65.9 Å². The van der Waals surface area contributed by atoms with Crippen molar-refractivity contribution in [2.45, 2.75) is 93.0 Å². The SMILES string of the molecule is CC(=O)N/C(=C(\OC(C)=O)C(CCOC(C)=O)OC(C)=O)C(O)OCCOCCNC(=O)CN(C)CC(=O)NCCOCCOC(O)/C(NC(C)=O)=C(/OC(C)=O)C(CCOC(C)=O)OC(C)=O. The van der Waals surface area contributed by atoms with Gasteiger partial charge in [0.15, 0.2) is 36.3 Å². The molecule has 0 bridgehead atoms. The first-order valence-electron chi connectivity index (χ1n) is 20.9. The zero-order valence-electron chi connectivity index (χ0n) is 39.7. The van der Waals surface area contributed by atoms with Gasteiger partial charge in [0.1, 0.15) is 11.4 Å². The molecule has 0 aromatic carbocycles. The molecule has 0 heterocycles. The summed E-state index contributed by atoms with van der Waals surface area (Å²) < 4.78 is 52.1. The van der Waals surface area contributed by atoms with Gasteiger partial charge in [-0.05, 0) is 7.05 Å². The van der Waals surface area contributed by atoms with Crippen molar-refractivity contribution in [3.8, 4) is 0 Å². The van der Waals surface area contributed by atoms with Gasteiger partial charge in [-0.25, -0.2) is 0 Å². The standard InChI is InChI=1S/C41H65N5O22/c1-24(47)44-36(38(67-30(7)53)32(65-28(5)51)10-14-61-26(3)49)40(57)63-20-18-59-16-12-42-34(55)22-46(9)23-35(56)43-13-17-60-19-21-64-41(58)37(45-25(2)48)39(68-31(8)54)33(66-29(6)52)11-15-62-27(4)50/h32-33,40-41,57-58H,10-23H2,1-9H3,(H,42,55)(H,43,56)(H,44,47)(H,45,48)/b38-36-,39-37-. The van der Waals surface area contributed by atoms with E-state index in [-0.39, 0.29) is 91.9 Å². The second-order valence-electron chi connectivity index (χ2n) is 14.1. The first kappa shape index (κ1) is 61.9. The van der Waals surface area contributed by atoms with E-state index in [0.29, 0.717) is 0 Å². The zero-order chi connectivity index (χ0) is 51.8. The third-order valence-electron chi connectivity index (χ3n) is 7.70. The van der Waals surface area contributed by atoms with E-state index in [2.05, 4.69) is 21.3 Å². The molecule has 0 saturated heterocycles. The minimum atomic E-state index is -1.92. The van der Waals surface area contributed by atoms with Crippen LogP contribution >= 0.6 is 0 Å². The number of ether oxygens (including phenoxy) is 10. The summed E-state index contributed by atoms with van der Waals surface area (Å²) in [6.45, 7) is 7.24. The van der Waals surface area contributed by atoms with Gasteiger partial charge in [0, 0.05) is 81.3 Å². The van der Waals surface area contributed by atoms with Crippen molar-refractivity contribution in [2.24, 2.45) is 0 Å². The Labute approximate surface area is 392 Å². The number of hydrogen-bond acceptors (Lipinski definition) is 23. The van der Waals surface area contributed by atoms with E-state index in [9.17, 15) is 58.2 Å². The molecule has 4 amide bonds. The van der Waals surface area contributed by atoms with Crippen molar-refractivity contribution >= 4 is 59.4 Å². The topological polar surface area (TPSA) is 355 Å². The molecule has 0 radical (unpaired) electrons. The van der Waals surface area contributed by atoms with E-state index in [1.165, 1.54) is 11.9 Å². The van der Waals surface area contributed by atoms with E-state index in [1.807, 2.05) is 0 Å². The largest absolute Gasteiger partial charge is 0.466 e. The summed E-state index contributed by atoms with van der Waals surface area (Å²) in [5.74, 6) is -7.85. The van der Waals surface area contributed by atoms with Crippen molar-refractivity contribution in [3.63, 3.8) is 0 Å². The van der Waals surface area contributed by atoms with E-state index < -0.39 is 107 Å². The molecule has 0 aliphatic heterocycles. The number of carbonyl (C=O) groups excluding carboxylic acids is 10. The summed E-state index contributed by atoms with van der Waals surface area (Å²) >= 11 is 0. The number of aliphatic hydroxyl groups excluding tert-OH is 2. The Bertz CT molecular complexity index is 1650. The van der Waals surface area contributed by atoms with Gasteiger partial charge in [0.2, 0.25) is 23.6 Å².